The summed E-state index contributed by atoms with van der Waals surface area (Å²) in [6.07, 6.45) is 2.18. The SMILES string of the molecule is Cn1cc(Br)cc1C(=O)NCCC(C)(C)C(=O)O. The molecule has 1 aromatic rings. The van der Waals surface area contributed by atoms with Gasteiger partial charge >= 0.3 is 5.97 Å². The van der Waals surface area contributed by atoms with Crippen molar-refractivity contribution >= 4 is 27.8 Å². The fourth-order valence-corrected chi connectivity index (χ4v) is 1.96. The van der Waals surface area contributed by atoms with Crippen molar-refractivity contribution in [3.8, 4) is 0 Å². The number of carboxylic acid groups (broad SMARTS) is 1. The molecule has 5 nitrogen and oxygen atoms in total. The summed E-state index contributed by atoms with van der Waals surface area (Å²) in [5.41, 5.74) is -0.294. The highest BCUT2D eigenvalue weighted by molar-refractivity contribution is 9.10. The van der Waals surface area contributed by atoms with E-state index in [1.807, 2.05) is 0 Å². The predicted molar refractivity (Wildman–Crippen MR) is 71.5 cm³/mol. The summed E-state index contributed by atoms with van der Waals surface area (Å²) in [4.78, 5) is 22.7. The minimum absolute atomic E-state index is 0.204. The van der Waals surface area contributed by atoms with Crippen molar-refractivity contribution in [3.05, 3.63) is 22.4 Å². The van der Waals surface area contributed by atoms with Gasteiger partial charge < -0.3 is 15.0 Å². The number of nitrogens with one attached hydrogen (secondary N) is 1. The number of aliphatic carboxylic acids is 1. The molecule has 1 aromatic heterocycles. The first kappa shape index (κ1) is 14.8. The first-order chi connectivity index (χ1) is 8.24. The van der Waals surface area contributed by atoms with Crippen LogP contribution in [0.5, 0.6) is 0 Å². The lowest BCUT2D eigenvalue weighted by atomic mass is 9.90. The van der Waals surface area contributed by atoms with Gasteiger partial charge in [-0.05, 0) is 42.3 Å². The Morgan fingerprint density at radius 3 is 2.56 bits per heavy atom. The zero-order chi connectivity index (χ0) is 13.9. The Kier molecular flexibility index (Phi) is 4.56. The lowest BCUT2D eigenvalue weighted by molar-refractivity contribution is -0.147. The second kappa shape index (κ2) is 5.56. The van der Waals surface area contributed by atoms with Crippen molar-refractivity contribution < 1.29 is 14.7 Å². The maximum Gasteiger partial charge on any atom is 0.309 e. The van der Waals surface area contributed by atoms with E-state index >= 15 is 0 Å². The van der Waals surface area contributed by atoms with Crippen molar-refractivity contribution in [1.82, 2.24) is 9.88 Å². The van der Waals surface area contributed by atoms with Crippen LogP contribution in [-0.2, 0) is 11.8 Å². The van der Waals surface area contributed by atoms with Gasteiger partial charge in [0.1, 0.15) is 5.69 Å². The van der Waals surface area contributed by atoms with E-state index in [2.05, 4.69) is 21.2 Å². The van der Waals surface area contributed by atoms with Crippen LogP contribution in [-0.4, -0.2) is 28.1 Å². The lowest BCUT2D eigenvalue weighted by Gasteiger charge is -2.18. The molecule has 0 radical (unpaired) electrons. The van der Waals surface area contributed by atoms with Gasteiger partial charge in [-0.3, -0.25) is 9.59 Å². The summed E-state index contributed by atoms with van der Waals surface area (Å²) >= 11 is 3.29. The molecular weight excluding hydrogens is 300 g/mol. The second-order valence-electron chi connectivity index (χ2n) is 4.85. The molecule has 2 N–H and O–H groups in total. The molecule has 0 aliphatic rings. The summed E-state index contributed by atoms with van der Waals surface area (Å²) < 4.78 is 2.54. The summed E-state index contributed by atoms with van der Waals surface area (Å²) in [5.74, 6) is -1.07. The number of aromatic nitrogens is 1. The summed E-state index contributed by atoms with van der Waals surface area (Å²) in [6.45, 7) is 3.61. The van der Waals surface area contributed by atoms with Gasteiger partial charge in [0.15, 0.2) is 0 Å². The molecule has 0 saturated heterocycles. The van der Waals surface area contributed by atoms with Crippen molar-refractivity contribution in [1.29, 1.82) is 0 Å². The number of nitrogens with zero attached hydrogens (tertiary/aromatic N) is 1. The second-order valence-corrected chi connectivity index (χ2v) is 5.77. The Balaban J connectivity index is 2.53. The van der Waals surface area contributed by atoms with E-state index < -0.39 is 11.4 Å². The van der Waals surface area contributed by atoms with Gasteiger partial charge in [0.05, 0.1) is 5.41 Å². The third kappa shape index (κ3) is 3.60. The summed E-state index contributed by atoms with van der Waals surface area (Å²) in [5, 5.41) is 11.7. The number of hydrogen-bond donors (Lipinski definition) is 2. The Labute approximate surface area is 114 Å². The molecule has 0 aromatic carbocycles. The van der Waals surface area contributed by atoms with Crippen LogP contribution in [0.2, 0.25) is 0 Å². The fraction of sp³-hybridized carbons (Fsp3) is 0.500. The molecule has 6 heteroatoms. The van der Waals surface area contributed by atoms with Crippen molar-refractivity contribution in [2.75, 3.05) is 6.54 Å². The van der Waals surface area contributed by atoms with Gasteiger partial charge in [0, 0.05) is 24.3 Å². The number of rotatable bonds is 5. The van der Waals surface area contributed by atoms with Crippen molar-refractivity contribution in [2.45, 2.75) is 20.3 Å². The van der Waals surface area contributed by atoms with Gasteiger partial charge in [-0.15, -0.1) is 0 Å². The number of carbonyl (C=O) groups is 2. The van der Waals surface area contributed by atoms with E-state index in [0.29, 0.717) is 18.7 Å². The molecule has 1 heterocycles. The number of carbonyl (C=O) groups excluding carboxylic acids is 1. The quantitative estimate of drug-likeness (QED) is 0.873. The van der Waals surface area contributed by atoms with Gasteiger partial charge in [-0.2, -0.15) is 0 Å². The number of hydrogen-bond acceptors (Lipinski definition) is 2. The van der Waals surface area contributed by atoms with E-state index in [4.69, 9.17) is 5.11 Å². The molecule has 18 heavy (non-hydrogen) atoms. The summed E-state index contributed by atoms with van der Waals surface area (Å²) in [7, 11) is 1.78. The van der Waals surface area contributed by atoms with Crippen LogP contribution in [0.3, 0.4) is 0 Å². The zero-order valence-corrected chi connectivity index (χ0v) is 12.2. The molecule has 0 aliphatic heterocycles. The van der Waals surface area contributed by atoms with Crippen LogP contribution >= 0.6 is 15.9 Å². The Bertz CT molecular complexity index is 466. The highest BCUT2D eigenvalue weighted by Crippen LogP contribution is 2.19. The van der Waals surface area contributed by atoms with Crippen LogP contribution in [0, 0.1) is 5.41 Å². The molecule has 0 atom stereocenters. The molecule has 100 valence electrons. The summed E-state index contributed by atoms with van der Waals surface area (Å²) in [6, 6.07) is 1.72. The number of halogens is 1. The lowest BCUT2D eigenvalue weighted by Crippen LogP contribution is -2.32. The first-order valence-corrected chi connectivity index (χ1v) is 6.37. The van der Waals surface area contributed by atoms with Crippen molar-refractivity contribution in [2.24, 2.45) is 12.5 Å². The molecule has 1 amide bonds. The van der Waals surface area contributed by atoms with Crippen LogP contribution < -0.4 is 5.32 Å². The van der Waals surface area contributed by atoms with Gasteiger partial charge in [-0.1, -0.05) is 0 Å². The minimum Gasteiger partial charge on any atom is -0.481 e. The molecule has 1 rings (SSSR count). The van der Waals surface area contributed by atoms with Crippen LogP contribution in [0.1, 0.15) is 30.8 Å². The molecule has 0 aliphatic carbocycles. The molecule has 0 spiro atoms. The number of aryl methyl sites for hydroxylation is 1. The van der Waals surface area contributed by atoms with Crippen LogP contribution in [0.25, 0.3) is 0 Å². The Morgan fingerprint density at radius 2 is 2.11 bits per heavy atom. The highest BCUT2D eigenvalue weighted by atomic mass is 79.9. The number of amides is 1. The van der Waals surface area contributed by atoms with E-state index in [0.717, 1.165) is 4.47 Å². The zero-order valence-electron chi connectivity index (χ0n) is 10.7. The molecule has 0 fully saturated rings. The topological polar surface area (TPSA) is 71.3 Å². The largest absolute Gasteiger partial charge is 0.481 e. The maximum atomic E-state index is 11.8. The molecular formula is C12H17BrN2O3. The number of carboxylic acids is 1. The Morgan fingerprint density at radius 1 is 1.50 bits per heavy atom. The van der Waals surface area contributed by atoms with Gasteiger partial charge in [-0.25, -0.2) is 0 Å². The van der Waals surface area contributed by atoms with Crippen LogP contribution in [0.4, 0.5) is 0 Å². The molecule has 0 saturated carbocycles. The molecule has 0 bridgehead atoms. The van der Waals surface area contributed by atoms with Gasteiger partial charge in [0.25, 0.3) is 5.91 Å². The van der Waals surface area contributed by atoms with Crippen molar-refractivity contribution in [3.63, 3.8) is 0 Å². The minimum atomic E-state index is -0.863. The first-order valence-electron chi connectivity index (χ1n) is 5.57. The Hall–Kier alpha value is -1.30. The fourth-order valence-electron chi connectivity index (χ4n) is 1.44. The highest BCUT2D eigenvalue weighted by Gasteiger charge is 2.26. The van der Waals surface area contributed by atoms with Crippen LogP contribution in [0.15, 0.2) is 16.7 Å². The predicted octanol–water partition coefficient (Wildman–Crippen LogP) is 2.02. The van der Waals surface area contributed by atoms with E-state index in [-0.39, 0.29) is 5.91 Å². The normalized spacial score (nSPS) is 11.3. The monoisotopic (exact) mass is 316 g/mol. The average Bonchev–Trinajstić information content (AvgIpc) is 2.57. The van der Waals surface area contributed by atoms with E-state index in [9.17, 15) is 9.59 Å². The third-order valence-electron chi connectivity index (χ3n) is 2.82. The molecule has 0 unspecified atom stereocenters. The standard InChI is InChI=1S/C12H17BrN2O3/c1-12(2,11(17)18)4-5-14-10(16)9-6-8(13)7-15(9)3/h6-7H,4-5H2,1-3H3,(H,14,16)(H,17,18). The van der Waals surface area contributed by atoms with E-state index in [1.54, 1.807) is 37.7 Å². The maximum absolute atomic E-state index is 11.8. The third-order valence-corrected chi connectivity index (χ3v) is 3.25. The van der Waals surface area contributed by atoms with Gasteiger partial charge in [0.2, 0.25) is 0 Å². The van der Waals surface area contributed by atoms with E-state index in [1.165, 1.54) is 0 Å². The average molecular weight is 317 g/mol. The smallest absolute Gasteiger partial charge is 0.309 e.